The Morgan fingerprint density at radius 2 is 1.90 bits per heavy atom. The summed E-state index contributed by atoms with van der Waals surface area (Å²) in [4.78, 5) is 12.4. The molecule has 1 amide bonds. The summed E-state index contributed by atoms with van der Waals surface area (Å²) in [7, 11) is 0. The molecule has 1 heterocycles. The van der Waals surface area contributed by atoms with Crippen molar-refractivity contribution < 1.29 is 13.6 Å². The Balaban J connectivity index is 2.06. The Morgan fingerprint density at radius 1 is 1.25 bits per heavy atom. The lowest BCUT2D eigenvalue weighted by Crippen LogP contribution is -2.11. The van der Waals surface area contributed by atoms with Gasteiger partial charge in [0.1, 0.15) is 4.34 Å². The Kier molecular flexibility index (Phi) is 5.26. The fourth-order valence-electron chi connectivity index (χ4n) is 1.41. The molecule has 2 nitrogen and oxygen atoms in total. The predicted molar refractivity (Wildman–Crippen MR) is 80.6 cm³/mol. The third-order valence-corrected chi connectivity index (χ3v) is 4.45. The van der Waals surface area contributed by atoms with Gasteiger partial charge in [-0.05, 0) is 30.3 Å². The summed E-state index contributed by atoms with van der Waals surface area (Å²) in [6.45, 7) is 0. The minimum absolute atomic E-state index is 0.285. The maximum absolute atomic E-state index is 12.2. The van der Waals surface area contributed by atoms with E-state index in [1.165, 1.54) is 18.2 Å². The first kappa shape index (κ1) is 15.6. The van der Waals surface area contributed by atoms with Crippen LogP contribution in [0.5, 0.6) is 0 Å². The van der Waals surface area contributed by atoms with Crippen molar-refractivity contribution in [1.29, 1.82) is 0 Å². The minimum atomic E-state index is -2.47. The van der Waals surface area contributed by atoms with Gasteiger partial charge in [0.25, 0.3) is 11.7 Å². The van der Waals surface area contributed by atoms with Crippen molar-refractivity contribution >= 4 is 57.9 Å². The number of rotatable bonds is 4. The van der Waals surface area contributed by atoms with Crippen molar-refractivity contribution in [3.05, 3.63) is 44.6 Å². The fourth-order valence-corrected chi connectivity index (χ4v) is 3.37. The number of benzene rings is 1. The number of alkyl halides is 2. The maximum Gasteiger partial charge on any atom is 0.288 e. The Hall–Kier alpha value is -0.820. The van der Waals surface area contributed by atoms with Crippen LogP contribution in [0.4, 0.5) is 14.5 Å². The van der Waals surface area contributed by atoms with E-state index in [1.54, 1.807) is 12.1 Å². The number of nitrogens with one attached hydrogen (secondary N) is 1. The van der Waals surface area contributed by atoms with Crippen LogP contribution in [0.1, 0.15) is 10.4 Å². The van der Waals surface area contributed by atoms with Crippen LogP contribution in [0.2, 0.25) is 8.67 Å². The highest BCUT2D eigenvalue weighted by Gasteiger charge is 2.14. The van der Waals surface area contributed by atoms with Gasteiger partial charge in [0, 0.05) is 10.6 Å². The first-order valence-electron chi connectivity index (χ1n) is 5.27. The van der Waals surface area contributed by atoms with Gasteiger partial charge in [-0.1, -0.05) is 35.0 Å². The lowest BCUT2D eigenvalue weighted by Gasteiger charge is -2.05. The normalized spacial score (nSPS) is 10.8. The number of halogens is 4. The molecule has 20 heavy (non-hydrogen) atoms. The minimum Gasteiger partial charge on any atom is -0.322 e. The first-order chi connectivity index (χ1) is 9.45. The van der Waals surface area contributed by atoms with Crippen LogP contribution in [0.15, 0.2) is 35.2 Å². The molecule has 0 fully saturated rings. The molecule has 0 atom stereocenters. The van der Waals surface area contributed by atoms with Gasteiger partial charge in [-0.2, -0.15) is 8.78 Å². The molecule has 106 valence electrons. The third-order valence-electron chi connectivity index (χ3n) is 2.24. The molecule has 0 unspecified atom stereocenters. The molecule has 8 heteroatoms. The first-order valence-corrected chi connectivity index (χ1v) is 7.72. The molecule has 0 saturated heterocycles. The second kappa shape index (κ2) is 6.76. The SMILES string of the molecule is O=C(Nc1ccc(SC(F)F)cc1)c1cc(Cl)sc1Cl. The van der Waals surface area contributed by atoms with Gasteiger partial charge in [0.05, 0.1) is 9.90 Å². The molecule has 2 rings (SSSR count). The standard InChI is InChI=1S/C12H7Cl2F2NOS2/c13-9-5-8(10(14)20-9)11(18)17-6-1-3-7(4-2-6)19-12(15)16/h1-5,12H,(H,17,18). The van der Waals surface area contributed by atoms with Gasteiger partial charge >= 0.3 is 0 Å². The second-order valence-electron chi connectivity index (χ2n) is 3.59. The number of thioether (sulfide) groups is 1. The van der Waals surface area contributed by atoms with E-state index in [1.807, 2.05) is 0 Å². The van der Waals surface area contributed by atoms with Crippen molar-refractivity contribution in [1.82, 2.24) is 0 Å². The van der Waals surface area contributed by atoms with E-state index in [9.17, 15) is 13.6 Å². The van der Waals surface area contributed by atoms with Gasteiger partial charge in [-0.15, -0.1) is 11.3 Å². The number of carbonyl (C=O) groups excluding carboxylic acids is 1. The largest absolute Gasteiger partial charge is 0.322 e. The molecule has 2 aromatic rings. The number of hydrogen-bond donors (Lipinski definition) is 1. The summed E-state index contributed by atoms with van der Waals surface area (Å²) in [6, 6.07) is 7.59. The second-order valence-corrected chi connectivity index (χ2v) is 6.94. The Labute approximate surface area is 132 Å². The van der Waals surface area contributed by atoms with Crippen LogP contribution >= 0.6 is 46.3 Å². The fraction of sp³-hybridized carbons (Fsp3) is 0.0833. The molecule has 0 aliphatic carbocycles. The summed E-state index contributed by atoms with van der Waals surface area (Å²) in [5, 5.41) is 2.62. The number of amides is 1. The summed E-state index contributed by atoms with van der Waals surface area (Å²) in [5.74, 6) is -2.87. The zero-order valence-corrected chi connectivity index (χ0v) is 12.8. The molecule has 1 aromatic carbocycles. The molecular formula is C12H7Cl2F2NOS2. The number of thiophene rings is 1. The molecule has 0 aliphatic rings. The molecule has 1 N–H and O–H groups in total. The Morgan fingerprint density at radius 3 is 2.40 bits per heavy atom. The molecule has 0 saturated carbocycles. The number of carbonyl (C=O) groups is 1. The molecule has 0 bridgehead atoms. The van der Waals surface area contributed by atoms with Crippen molar-refractivity contribution in [2.24, 2.45) is 0 Å². The average Bonchev–Trinajstić information content (AvgIpc) is 2.70. The quantitative estimate of drug-likeness (QED) is 0.722. The maximum atomic E-state index is 12.2. The zero-order chi connectivity index (χ0) is 14.7. The summed E-state index contributed by atoms with van der Waals surface area (Å²) < 4.78 is 25.1. The van der Waals surface area contributed by atoms with Gasteiger partial charge in [-0.25, -0.2) is 0 Å². The van der Waals surface area contributed by atoms with Crippen molar-refractivity contribution in [3.63, 3.8) is 0 Å². The Bertz CT molecular complexity index is 616. The molecule has 0 aliphatic heterocycles. The van der Waals surface area contributed by atoms with E-state index in [2.05, 4.69) is 5.32 Å². The highest BCUT2D eigenvalue weighted by atomic mass is 35.5. The van der Waals surface area contributed by atoms with E-state index in [-0.39, 0.29) is 5.56 Å². The average molecular weight is 354 g/mol. The van der Waals surface area contributed by atoms with Crippen LogP contribution in [-0.4, -0.2) is 11.7 Å². The van der Waals surface area contributed by atoms with Gasteiger partial charge in [0.15, 0.2) is 0 Å². The van der Waals surface area contributed by atoms with Crippen LogP contribution < -0.4 is 5.32 Å². The van der Waals surface area contributed by atoms with Crippen molar-refractivity contribution in [2.45, 2.75) is 10.7 Å². The summed E-state index contributed by atoms with van der Waals surface area (Å²) in [5.41, 5.74) is 0.778. The van der Waals surface area contributed by atoms with Crippen LogP contribution in [0, 0.1) is 0 Å². The van der Waals surface area contributed by atoms with Gasteiger partial charge < -0.3 is 5.32 Å². The molecule has 0 radical (unpaired) electrons. The lowest BCUT2D eigenvalue weighted by molar-refractivity contribution is 0.102. The van der Waals surface area contributed by atoms with Crippen molar-refractivity contribution in [3.8, 4) is 0 Å². The monoisotopic (exact) mass is 353 g/mol. The van der Waals surface area contributed by atoms with Crippen LogP contribution in [0.3, 0.4) is 0 Å². The summed E-state index contributed by atoms with van der Waals surface area (Å²) in [6.07, 6.45) is 0. The number of anilines is 1. The highest BCUT2D eigenvalue weighted by molar-refractivity contribution is 7.99. The van der Waals surface area contributed by atoms with E-state index in [4.69, 9.17) is 23.2 Å². The zero-order valence-electron chi connectivity index (χ0n) is 9.70. The van der Waals surface area contributed by atoms with E-state index >= 15 is 0 Å². The number of hydrogen-bond acceptors (Lipinski definition) is 3. The van der Waals surface area contributed by atoms with Crippen LogP contribution in [0.25, 0.3) is 0 Å². The lowest BCUT2D eigenvalue weighted by atomic mass is 10.3. The van der Waals surface area contributed by atoms with E-state index in [0.717, 1.165) is 11.3 Å². The van der Waals surface area contributed by atoms with Crippen LogP contribution in [-0.2, 0) is 0 Å². The van der Waals surface area contributed by atoms with Crippen molar-refractivity contribution in [2.75, 3.05) is 5.32 Å². The van der Waals surface area contributed by atoms with Gasteiger partial charge in [0.2, 0.25) is 0 Å². The third kappa shape index (κ3) is 4.09. The topological polar surface area (TPSA) is 29.1 Å². The molecule has 0 spiro atoms. The smallest absolute Gasteiger partial charge is 0.288 e. The summed E-state index contributed by atoms with van der Waals surface area (Å²) >= 11 is 13.2. The molecular weight excluding hydrogens is 347 g/mol. The van der Waals surface area contributed by atoms with E-state index < -0.39 is 11.7 Å². The van der Waals surface area contributed by atoms with E-state index in [0.29, 0.717) is 31.0 Å². The molecule has 1 aromatic heterocycles. The predicted octanol–water partition coefficient (Wildman–Crippen LogP) is 5.62. The highest BCUT2D eigenvalue weighted by Crippen LogP contribution is 2.32. The van der Waals surface area contributed by atoms with Gasteiger partial charge in [-0.3, -0.25) is 4.79 Å².